The van der Waals surface area contributed by atoms with E-state index < -0.39 is 0 Å². The summed E-state index contributed by atoms with van der Waals surface area (Å²) in [5.41, 5.74) is 5.01. The molecule has 5 aromatic rings. The molecule has 6 nitrogen and oxygen atoms in total. The van der Waals surface area contributed by atoms with E-state index in [0.29, 0.717) is 23.4 Å². The molecule has 0 aliphatic heterocycles. The Balaban J connectivity index is 0.00000218. The van der Waals surface area contributed by atoms with Gasteiger partial charge in [-0.1, -0.05) is 24.3 Å². The Morgan fingerprint density at radius 1 is 0.767 bits per heavy atom. The number of imidazole rings is 1. The van der Waals surface area contributed by atoms with Crippen molar-refractivity contribution in [3.05, 3.63) is 88.9 Å². The molecular formula is C21H15BrCl2N6. The molecule has 0 fully saturated rings. The van der Waals surface area contributed by atoms with Crippen LogP contribution in [-0.4, -0.2) is 24.5 Å². The smallest absolute Gasteiger partial charge is 0.255 e. The van der Waals surface area contributed by atoms with E-state index in [2.05, 4.69) is 19.9 Å². The van der Waals surface area contributed by atoms with E-state index in [1.54, 1.807) is 12.4 Å². The molecule has 0 atom stereocenters. The van der Waals surface area contributed by atoms with Gasteiger partial charge in [-0.2, -0.15) is 0 Å². The van der Waals surface area contributed by atoms with Gasteiger partial charge in [0.25, 0.3) is 10.3 Å². The second kappa shape index (κ2) is 8.63. The highest BCUT2D eigenvalue weighted by atomic mass is 79.9. The molecule has 0 amide bonds. The van der Waals surface area contributed by atoms with Crippen LogP contribution in [0.5, 0.6) is 0 Å². The predicted octanol–water partition coefficient (Wildman–Crippen LogP) is 1.07. The number of hydrogen-bond donors (Lipinski definition) is 0. The number of halogens is 3. The normalized spacial score (nSPS) is 11.0. The van der Waals surface area contributed by atoms with Crippen LogP contribution in [0.1, 0.15) is 11.4 Å². The third kappa shape index (κ3) is 4.01. The molecule has 0 spiro atoms. The first kappa shape index (κ1) is 20.7. The van der Waals surface area contributed by atoms with E-state index in [-0.39, 0.29) is 17.0 Å². The minimum absolute atomic E-state index is 0. The Hall–Kier alpha value is -2.61. The fraction of sp³-hybridized carbons (Fsp3) is 0.0952. The van der Waals surface area contributed by atoms with E-state index in [9.17, 15) is 0 Å². The molecule has 0 aliphatic carbocycles. The number of aromatic nitrogens is 6. The van der Waals surface area contributed by atoms with Gasteiger partial charge in [0, 0.05) is 0 Å². The highest BCUT2D eigenvalue weighted by molar-refractivity contribution is 6.39. The van der Waals surface area contributed by atoms with Crippen LogP contribution in [0.3, 0.4) is 0 Å². The summed E-state index contributed by atoms with van der Waals surface area (Å²) in [5, 5.41) is 0.880. The third-order valence-electron chi connectivity index (χ3n) is 4.61. The van der Waals surface area contributed by atoms with E-state index in [0.717, 1.165) is 33.5 Å². The first-order valence-electron chi connectivity index (χ1n) is 9.02. The van der Waals surface area contributed by atoms with Crippen molar-refractivity contribution in [2.45, 2.75) is 13.1 Å². The van der Waals surface area contributed by atoms with Crippen LogP contribution < -0.4 is 21.5 Å². The molecule has 0 unspecified atom stereocenters. The zero-order chi connectivity index (χ0) is 19.8. The van der Waals surface area contributed by atoms with E-state index in [1.807, 2.05) is 64.0 Å². The summed E-state index contributed by atoms with van der Waals surface area (Å²) in [5.74, 6) is 0. The Morgan fingerprint density at radius 3 is 1.93 bits per heavy atom. The van der Waals surface area contributed by atoms with Crippen molar-refractivity contribution in [1.29, 1.82) is 0 Å². The average Bonchev–Trinajstić information content (AvgIpc) is 3.01. The number of benzene rings is 2. The van der Waals surface area contributed by atoms with Crippen molar-refractivity contribution in [1.82, 2.24) is 24.5 Å². The lowest BCUT2D eigenvalue weighted by Crippen LogP contribution is -3.00. The molecule has 0 radical (unpaired) electrons. The average molecular weight is 502 g/mol. The van der Waals surface area contributed by atoms with Gasteiger partial charge in [-0.25, -0.2) is 19.1 Å². The lowest BCUT2D eigenvalue weighted by atomic mass is 10.3. The summed E-state index contributed by atoms with van der Waals surface area (Å²) in [4.78, 5) is 18.2. The first-order valence-corrected chi connectivity index (χ1v) is 9.78. The molecule has 5 rings (SSSR count). The van der Waals surface area contributed by atoms with Crippen LogP contribution >= 0.6 is 23.2 Å². The monoisotopic (exact) mass is 500 g/mol. The standard InChI is InChI=1S/C21H15Cl2N6.BrH/c22-20-21(23)29(12-15-10-25-17-6-2-4-8-19(17)27-15)13-28(20)11-14-9-24-16-5-1-3-7-18(16)26-14;/h1-10,13H,11-12H2;1H/q+1;/p-1. The van der Waals surface area contributed by atoms with Crippen molar-refractivity contribution in [3.8, 4) is 0 Å². The van der Waals surface area contributed by atoms with Crippen LogP contribution in [0.2, 0.25) is 10.3 Å². The molecular weight excluding hydrogens is 487 g/mol. The van der Waals surface area contributed by atoms with Gasteiger partial charge >= 0.3 is 0 Å². The highest BCUT2D eigenvalue weighted by Crippen LogP contribution is 2.20. The van der Waals surface area contributed by atoms with Gasteiger partial charge < -0.3 is 17.0 Å². The summed E-state index contributed by atoms with van der Waals surface area (Å²) in [6.45, 7) is 0.930. The molecule has 9 heteroatoms. The van der Waals surface area contributed by atoms with Gasteiger partial charge in [0.05, 0.1) is 34.5 Å². The van der Waals surface area contributed by atoms with E-state index in [4.69, 9.17) is 23.2 Å². The van der Waals surface area contributed by atoms with Crippen LogP contribution in [0.4, 0.5) is 0 Å². The molecule has 30 heavy (non-hydrogen) atoms. The molecule has 0 bridgehead atoms. The number of nitrogens with zero attached hydrogens (tertiary/aromatic N) is 6. The molecule has 0 aliphatic rings. The SMILES string of the molecule is Clc1c(Cl)[n+](Cc2cnc3ccccc3n2)cn1Cc1cnc2ccccc2n1.[Br-]. The van der Waals surface area contributed by atoms with E-state index in [1.165, 1.54) is 0 Å². The van der Waals surface area contributed by atoms with Gasteiger partial charge in [-0.15, -0.1) is 0 Å². The maximum absolute atomic E-state index is 6.47. The number of para-hydroxylation sites is 4. The van der Waals surface area contributed by atoms with Crippen LogP contribution in [0.25, 0.3) is 22.1 Å². The molecule has 2 aromatic carbocycles. The van der Waals surface area contributed by atoms with Gasteiger partial charge in [-0.05, 0) is 47.5 Å². The molecule has 3 aromatic heterocycles. The Bertz CT molecular complexity index is 1250. The highest BCUT2D eigenvalue weighted by Gasteiger charge is 2.21. The number of hydrogen-bond acceptors (Lipinski definition) is 4. The first-order chi connectivity index (χ1) is 14.2. The lowest BCUT2D eigenvalue weighted by Gasteiger charge is -2.01. The van der Waals surface area contributed by atoms with Crippen molar-refractivity contribution in [2.75, 3.05) is 0 Å². The molecule has 0 saturated carbocycles. The summed E-state index contributed by atoms with van der Waals surface area (Å²) in [7, 11) is 0. The maximum atomic E-state index is 6.47. The Morgan fingerprint density at radius 2 is 1.30 bits per heavy atom. The molecule has 0 saturated heterocycles. The number of rotatable bonds is 4. The molecule has 3 heterocycles. The minimum atomic E-state index is 0. The molecule has 0 N–H and O–H groups in total. The summed E-state index contributed by atoms with van der Waals surface area (Å²) in [6.07, 6.45) is 5.37. The zero-order valence-corrected chi connectivity index (χ0v) is 18.7. The number of fused-ring (bicyclic) bond motifs is 2. The minimum Gasteiger partial charge on any atom is -1.00 e. The molecule has 150 valence electrons. The quantitative estimate of drug-likeness (QED) is 0.346. The van der Waals surface area contributed by atoms with Gasteiger partial charge in [0.15, 0.2) is 0 Å². The Labute approximate surface area is 192 Å². The topological polar surface area (TPSA) is 60.4 Å². The second-order valence-electron chi connectivity index (χ2n) is 6.65. The largest absolute Gasteiger partial charge is 1.00 e. The summed E-state index contributed by atoms with van der Waals surface area (Å²) >= 11 is 12.9. The van der Waals surface area contributed by atoms with Crippen LogP contribution in [-0.2, 0) is 13.1 Å². The summed E-state index contributed by atoms with van der Waals surface area (Å²) in [6, 6.07) is 15.5. The van der Waals surface area contributed by atoms with Crippen LogP contribution in [0.15, 0.2) is 67.3 Å². The Kier molecular flexibility index (Phi) is 5.94. The predicted molar refractivity (Wildman–Crippen MR) is 112 cm³/mol. The van der Waals surface area contributed by atoms with Crippen molar-refractivity contribution in [2.24, 2.45) is 0 Å². The second-order valence-corrected chi connectivity index (χ2v) is 7.37. The van der Waals surface area contributed by atoms with Crippen LogP contribution in [0, 0.1) is 0 Å². The third-order valence-corrected chi connectivity index (χ3v) is 5.50. The fourth-order valence-corrected chi connectivity index (χ4v) is 3.64. The van der Waals surface area contributed by atoms with Gasteiger partial charge in [0.2, 0.25) is 6.33 Å². The zero-order valence-electron chi connectivity index (χ0n) is 15.6. The van der Waals surface area contributed by atoms with Gasteiger partial charge in [0.1, 0.15) is 24.5 Å². The van der Waals surface area contributed by atoms with Crippen molar-refractivity contribution < 1.29 is 21.5 Å². The van der Waals surface area contributed by atoms with Crippen molar-refractivity contribution >= 4 is 45.3 Å². The van der Waals surface area contributed by atoms with Gasteiger partial charge in [-0.3, -0.25) is 9.97 Å². The van der Waals surface area contributed by atoms with Crippen molar-refractivity contribution in [3.63, 3.8) is 0 Å². The van der Waals surface area contributed by atoms with E-state index >= 15 is 0 Å². The lowest BCUT2D eigenvalue weighted by molar-refractivity contribution is -0.686. The maximum Gasteiger partial charge on any atom is 0.255 e. The fourth-order valence-electron chi connectivity index (χ4n) is 3.22. The summed E-state index contributed by atoms with van der Waals surface area (Å²) < 4.78 is 3.69.